The predicted octanol–water partition coefficient (Wildman–Crippen LogP) is 4.56. The topological polar surface area (TPSA) is 29.1 Å². The predicted molar refractivity (Wildman–Crippen MR) is 104 cm³/mol. The number of hydrogen-bond donors (Lipinski definition) is 1. The number of aryl methyl sites for hydroxylation is 1. The number of thioether (sulfide) groups is 1. The van der Waals surface area contributed by atoms with Gasteiger partial charge in [0, 0.05) is 22.1 Å². The van der Waals surface area contributed by atoms with Gasteiger partial charge in [0.05, 0.1) is 6.54 Å². The van der Waals surface area contributed by atoms with Crippen molar-refractivity contribution in [2.45, 2.75) is 42.9 Å². The molecule has 0 bridgehead atoms. The quantitative estimate of drug-likeness (QED) is 0.822. The van der Waals surface area contributed by atoms with Crippen LogP contribution >= 0.6 is 11.8 Å². The monoisotopic (exact) mass is 351 g/mol. The van der Waals surface area contributed by atoms with Crippen molar-refractivity contribution >= 4 is 17.5 Å². The molecular weight excluding hydrogens is 326 g/mol. The number of rotatable bonds is 3. The van der Waals surface area contributed by atoms with E-state index in [0.29, 0.717) is 18.2 Å². The molecule has 0 amide bonds. The van der Waals surface area contributed by atoms with E-state index < -0.39 is 0 Å². The number of carbonyl (C=O) groups is 1. The second kappa shape index (κ2) is 6.62. The summed E-state index contributed by atoms with van der Waals surface area (Å²) in [5.41, 5.74) is 4.14. The molecule has 0 saturated carbocycles. The Kier molecular flexibility index (Phi) is 4.47. The summed E-state index contributed by atoms with van der Waals surface area (Å²) in [5, 5.41) is 3.55. The Morgan fingerprint density at radius 3 is 2.80 bits per heavy atom. The van der Waals surface area contributed by atoms with Crippen molar-refractivity contribution in [1.82, 2.24) is 5.32 Å². The van der Waals surface area contributed by atoms with E-state index in [0.717, 1.165) is 18.6 Å². The van der Waals surface area contributed by atoms with E-state index in [-0.39, 0.29) is 11.5 Å². The van der Waals surface area contributed by atoms with E-state index in [1.807, 2.05) is 11.8 Å². The fourth-order valence-electron chi connectivity index (χ4n) is 4.55. The zero-order valence-corrected chi connectivity index (χ0v) is 15.7. The summed E-state index contributed by atoms with van der Waals surface area (Å²) in [6.45, 7) is 4.90. The molecule has 3 heteroatoms. The molecule has 2 aliphatic rings. The average molecular weight is 352 g/mol. The molecule has 2 aromatic carbocycles. The van der Waals surface area contributed by atoms with Crippen molar-refractivity contribution in [1.29, 1.82) is 0 Å². The zero-order valence-electron chi connectivity index (χ0n) is 14.9. The number of ketones is 1. The van der Waals surface area contributed by atoms with Crippen LogP contribution in [-0.2, 0) is 22.5 Å². The molecule has 4 rings (SSSR count). The molecule has 1 fully saturated rings. The number of nitrogens with one attached hydrogen (secondary N) is 1. The minimum absolute atomic E-state index is 0.0659. The molecule has 1 N–H and O–H groups in total. The summed E-state index contributed by atoms with van der Waals surface area (Å²) in [6, 6.07) is 17.5. The van der Waals surface area contributed by atoms with Crippen molar-refractivity contribution in [2.24, 2.45) is 11.8 Å². The van der Waals surface area contributed by atoms with Crippen molar-refractivity contribution in [3.8, 4) is 0 Å². The van der Waals surface area contributed by atoms with Crippen molar-refractivity contribution in [3.05, 3.63) is 65.2 Å². The first-order valence-corrected chi connectivity index (χ1v) is 10.1. The minimum Gasteiger partial charge on any atom is -0.300 e. The van der Waals surface area contributed by atoms with E-state index in [9.17, 15) is 4.79 Å². The van der Waals surface area contributed by atoms with Gasteiger partial charge in [-0.2, -0.15) is 0 Å². The van der Waals surface area contributed by atoms with Crippen LogP contribution in [0, 0.1) is 11.8 Å². The maximum Gasteiger partial charge on any atom is 0.149 e. The number of fused-ring (bicyclic) bond motifs is 3. The highest BCUT2D eigenvalue weighted by Gasteiger charge is 2.47. The van der Waals surface area contributed by atoms with Gasteiger partial charge in [0.1, 0.15) is 5.78 Å². The fraction of sp³-hybridized carbons (Fsp3) is 0.409. The number of hydrogen-bond acceptors (Lipinski definition) is 3. The first-order chi connectivity index (χ1) is 12.1. The maximum atomic E-state index is 12.1. The molecule has 3 atom stereocenters. The van der Waals surface area contributed by atoms with Gasteiger partial charge in [-0.1, -0.05) is 43.3 Å². The number of benzene rings is 2. The Labute approximate surface area is 154 Å². The van der Waals surface area contributed by atoms with Gasteiger partial charge in [-0.25, -0.2) is 0 Å². The standard InChI is InChI=1S/C22H25NOS/c1-15-19-10-8-17-12-18(25-14-16-6-4-3-5-7-16)9-11-20(17)22(19,2)23-13-21(15)24/h3-7,9,11-12,15,19,23H,8,10,13-14H2,1-2H3/t15?,19-,22-/m1/s1. The second-order valence-corrected chi connectivity index (χ2v) is 8.60. The Hall–Kier alpha value is -1.58. The molecule has 1 aliphatic carbocycles. The van der Waals surface area contributed by atoms with E-state index in [2.05, 4.69) is 67.7 Å². The number of piperidine rings is 1. The first kappa shape index (κ1) is 16.9. The van der Waals surface area contributed by atoms with Gasteiger partial charge in [0.25, 0.3) is 0 Å². The van der Waals surface area contributed by atoms with Gasteiger partial charge in [-0.3, -0.25) is 4.79 Å². The SMILES string of the molecule is CC1C(=O)CN[C@@]2(C)c3ccc(SCc4ccccc4)cc3CC[C@H]12. The molecule has 2 nitrogen and oxygen atoms in total. The summed E-state index contributed by atoms with van der Waals surface area (Å²) in [4.78, 5) is 13.4. The van der Waals surface area contributed by atoms with Gasteiger partial charge >= 0.3 is 0 Å². The van der Waals surface area contributed by atoms with Crippen molar-refractivity contribution in [3.63, 3.8) is 0 Å². The Balaban J connectivity index is 1.57. The second-order valence-electron chi connectivity index (χ2n) is 7.55. The highest BCUT2D eigenvalue weighted by atomic mass is 32.2. The largest absolute Gasteiger partial charge is 0.300 e. The van der Waals surface area contributed by atoms with Crippen LogP contribution in [0.5, 0.6) is 0 Å². The zero-order chi connectivity index (χ0) is 17.4. The van der Waals surface area contributed by atoms with E-state index in [1.165, 1.54) is 21.6 Å². The lowest BCUT2D eigenvalue weighted by Crippen LogP contribution is -2.58. The summed E-state index contributed by atoms with van der Waals surface area (Å²) < 4.78 is 0. The third-order valence-corrected chi connectivity index (χ3v) is 7.16. The molecule has 1 unspecified atom stereocenters. The first-order valence-electron chi connectivity index (χ1n) is 9.16. The Morgan fingerprint density at radius 2 is 2.00 bits per heavy atom. The lowest BCUT2D eigenvalue weighted by Gasteiger charge is -2.49. The molecule has 0 radical (unpaired) electrons. The average Bonchev–Trinajstić information content (AvgIpc) is 2.64. The third kappa shape index (κ3) is 3.04. The van der Waals surface area contributed by atoms with Crippen LogP contribution in [-0.4, -0.2) is 12.3 Å². The van der Waals surface area contributed by atoms with Crippen LogP contribution in [0.1, 0.15) is 37.0 Å². The van der Waals surface area contributed by atoms with E-state index in [4.69, 9.17) is 0 Å². The van der Waals surface area contributed by atoms with Crippen LogP contribution in [0.2, 0.25) is 0 Å². The summed E-state index contributed by atoms with van der Waals surface area (Å²) in [6.07, 6.45) is 2.17. The van der Waals surface area contributed by atoms with Gasteiger partial charge in [0.15, 0.2) is 0 Å². The summed E-state index contributed by atoms with van der Waals surface area (Å²) >= 11 is 1.90. The minimum atomic E-state index is -0.0659. The highest BCUT2D eigenvalue weighted by molar-refractivity contribution is 7.98. The van der Waals surface area contributed by atoms with Crippen LogP contribution in [0.25, 0.3) is 0 Å². The smallest absolute Gasteiger partial charge is 0.149 e. The third-order valence-electron chi connectivity index (χ3n) is 6.09. The van der Waals surface area contributed by atoms with Crippen LogP contribution < -0.4 is 5.32 Å². The molecule has 130 valence electrons. The Morgan fingerprint density at radius 1 is 1.20 bits per heavy atom. The highest BCUT2D eigenvalue weighted by Crippen LogP contribution is 2.46. The van der Waals surface area contributed by atoms with Gasteiger partial charge < -0.3 is 5.32 Å². The molecule has 2 aromatic rings. The summed E-state index contributed by atoms with van der Waals surface area (Å²) in [5.74, 6) is 1.93. The molecule has 0 aromatic heterocycles. The van der Waals surface area contributed by atoms with E-state index in [1.54, 1.807) is 0 Å². The normalized spacial score (nSPS) is 28.3. The van der Waals surface area contributed by atoms with Crippen molar-refractivity contribution < 1.29 is 4.79 Å². The van der Waals surface area contributed by atoms with Gasteiger partial charge in [-0.05, 0) is 54.5 Å². The lowest BCUT2D eigenvalue weighted by molar-refractivity contribution is -0.128. The molecule has 1 saturated heterocycles. The molecule has 1 heterocycles. The molecule has 0 spiro atoms. The van der Waals surface area contributed by atoms with Crippen LogP contribution in [0.3, 0.4) is 0 Å². The summed E-state index contributed by atoms with van der Waals surface area (Å²) in [7, 11) is 0. The van der Waals surface area contributed by atoms with Crippen molar-refractivity contribution in [2.75, 3.05) is 6.54 Å². The van der Waals surface area contributed by atoms with E-state index >= 15 is 0 Å². The van der Waals surface area contributed by atoms with Gasteiger partial charge in [0.2, 0.25) is 0 Å². The number of carbonyl (C=O) groups excluding carboxylic acids is 1. The number of Topliss-reactive ketones (excluding diaryl/α,β-unsaturated/α-hetero) is 1. The maximum absolute atomic E-state index is 12.1. The lowest BCUT2D eigenvalue weighted by atomic mass is 9.63. The fourth-order valence-corrected chi connectivity index (χ4v) is 5.46. The van der Waals surface area contributed by atoms with Gasteiger partial charge in [-0.15, -0.1) is 11.8 Å². The molecule has 1 aliphatic heterocycles. The Bertz CT molecular complexity index is 788. The molecule has 25 heavy (non-hydrogen) atoms. The molecular formula is C22H25NOS. The van der Waals surface area contributed by atoms with Crippen LogP contribution in [0.15, 0.2) is 53.4 Å². The van der Waals surface area contributed by atoms with Crippen LogP contribution in [0.4, 0.5) is 0 Å².